The van der Waals surface area contributed by atoms with Crippen molar-refractivity contribution in [3.63, 3.8) is 0 Å². The van der Waals surface area contributed by atoms with E-state index in [1.165, 1.54) is 16.5 Å². The minimum Gasteiger partial charge on any atom is -0.455 e. The third-order valence-electron chi connectivity index (χ3n) is 9.93. The maximum atomic E-state index is 6.72. The summed E-state index contributed by atoms with van der Waals surface area (Å²) in [6.07, 6.45) is 12.1. The second-order valence-electron chi connectivity index (χ2n) is 13.0. The zero-order valence-corrected chi connectivity index (χ0v) is 29.3. The minimum absolute atomic E-state index is 0.829. The van der Waals surface area contributed by atoms with E-state index in [4.69, 9.17) is 14.4 Å². The lowest BCUT2D eigenvalue weighted by Gasteiger charge is -2.13. The molecule has 0 aliphatic heterocycles. The van der Waals surface area contributed by atoms with Crippen LogP contribution in [0, 0.1) is 6.92 Å². The highest BCUT2D eigenvalue weighted by molar-refractivity contribution is 6.28. The third kappa shape index (κ3) is 4.78. The zero-order valence-electron chi connectivity index (χ0n) is 29.3. The van der Waals surface area contributed by atoms with Crippen molar-refractivity contribution >= 4 is 62.0 Å². The number of furan rings is 1. The summed E-state index contributed by atoms with van der Waals surface area (Å²) in [7, 11) is 0. The first-order chi connectivity index (χ1) is 25.6. The maximum Gasteiger partial charge on any atom is 0.146 e. The first-order valence-corrected chi connectivity index (χ1v) is 17.6. The number of fused-ring (bicyclic) bond motifs is 7. The lowest BCUT2D eigenvalue weighted by Crippen LogP contribution is -2.00. The first-order valence-electron chi connectivity index (χ1n) is 17.6. The van der Waals surface area contributed by atoms with Crippen LogP contribution in [0.4, 0.5) is 0 Å². The Kier molecular flexibility index (Phi) is 7.55. The minimum atomic E-state index is 0.829. The zero-order chi connectivity index (χ0) is 35.3. The van der Waals surface area contributed by atoms with Gasteiger partial charge < -0.3 is 8.98 Å². The van der Waals surface area contributed by atoms with Crippen molar-refractivity contribution < 1.29 is 4.42 Å². The van der Waals surface area contributed by atoms with Crippen LogP contribution in [-0.4, -0.2) is 19.1 Å². The van der Waals surface area contributed by atoms with E-state index in [0.29, 0.717) is 0 Å². The number of pyridine rings is 1. The molecule has 0 aliphatic rings. The van der Waals surface area contributed by atoms with Gasteiger partial charge in [-0.25, -0.2) is 4.98 Å². The second kappa shape index (κ2) is 12.6. The number of nitrogens with zero attached hydrogens (tertiary/aromatic N) is 4. The smallest absolute Gasteiger partial charge is 0.146 e. The average Bonchev–Trinajstić information content (AvgIpc) is 3.86. The molecule has 5 aromatic carbocycles. The summed E-state index contributed by atoms with van der Waals surface area (Å²) in [4.78, 5) is 9.92. The molecule has 0 spiro atoms. The Labute approximate surface area is 302 Å². The molecule has 0 bridgehead atoms. The predicted molar refractivity (Wildman–Crippen MR) is 218 cm³/mol. The number of para-hydroxylation sites is 2. The molecule has 9 rings (SSSR count). The number of hydrogen-bond acceptors (Lipinski definition) is 3. The molecule has 0 saturated carbocycles. The van der Waals surface area contributed by atoms with Crippen molar-refractivity contribution in [3.05, 3.63) is 163 Å². The highest BCUT2D eigenvalue weighted by atomic mass is 16.3. The number of hydrogen-bond donors (Lipinski definition) is 0. The Morgan fingerprint density at radius 3 is 2.21 bits per heavy atom. The quantitative estimate of drug-likeness (QED) is 0.169. The Morgan fingerprint density at radius 2 is 1.46 bits per heavy atom. The number of aryl methyl sites for hydroxylation is 1. The summed E-state index contributed by atoms with van der Waals surface area (Å²) >= 11 is 0. The van der Waals surface area contributed by atoms with Crippen molar-refractivity contribution in [2.24, 2.45) is 0 Å². The SMILES string of the molecule is C=Cc1c(/C=C\C)nc(-c2ccc(-n3c4ccc(C)c(/C=C\C)c4c4cc(-c5ccccn5)c5oc6ccccc6c5c43)cc2)n1-c1ccccc1. The summed E-state index contributed by atoms with van der Waals surface area (Å²) in [6.45, 7) is 10.4. The van der Waals surface area contributed by atoms with Gasteiger partial charge in [-0.1, -0.05) is 73.3 Å². The molecular formula is C47H36N4O. The molecule has 4 aromatic heterocycles. The molecule has 0 N–H and O–H groups in total. The van der Waals surface area contributed by atoms with E-state index < -0.39 is 0 Å². The molecule has 250 valence electrons. The van der Waals surface area contributed by atoms with E-state index in [2.05, 4.69) is 133 Å². The van der Waals surface area contributed by atoms with Gasteiger partial charge in [0.2, 0.25) is 0 Å². The van der Waals surface area contributed by atoms with Crippen LogP contribution < -0.4 is 0 Å². The molecule has 52 heavy (non-hydrogen) atoms. The topological polar surface area (TPSA) is 48.8 Å². The van der Waals surface area contributed by atoms with Crippen molar-refractivity contribution in [3.8, 4) is 34.0 Å². The molecule has 4 heterocycles. The first kappa shape index (κ1) is 31.3. The molecule has 0 fully saturated rings. The van der Waals surface area contributed by atoms with Crippen molar-refractivity contribution in [2.45, 2.75) is 20.8 Å². The van der Waals surface area contributed by atoms with Crippen molar-refractivity contribution in [1.82, 2.24) is 19.1 Å². The molecule has 0 unspecified atom stereocenters. The molecule has 0 radical (unpaired) electrons. The monoisotopic (exact) mass is 672 g/mol. The van der Waals surface area contributed by atoms with E-state index in [0.717, 1.165) is 83.8 Å². The molecule has 0 amide bonds. The predicted octanol–water partition coefficient (Wildman–Crippen LogP) is 12.6. The molecule has 0 atom stereocenters. The van der Waals surface area contributed by atoms with Crippen LogP contribution in [0.1, 0.15) is 36.4 Å². The Hall–Kier alpha value is -6.72. The maximum absolute atomic E-state index is 6.72. The fourth-order valence-electron chi connectivity index (χ4n) is 7.69. The lowest BCUT2D eigenvalue weighted by atomic mass is 9.97. The number of aromatic nitrogens is 4. The van der Waals surface area contributed by atoms with Gasteiger partial charge in [-0.2, -0.15) is 0 Å². The summed E-state index contributed by atoms with van der Waals surface area (Å²) in [6, 6.07) is 40.2. The van der Waals surface area contributed by atoms with Crippen LogP contribution in [0.15, 0.2) is 145 Å². The molecule has 0 saturated heterocycles. The Balaban J connectivity index is 1.37. The summed E-state index contributed by atoms with van der Waals surface area (Å²) in [5, 5.41) is 4.50. The van der Waals surface area contributed by atoms with Gasteiger partial charge in [-0.3, -0.25) is 9.55 Å². The third-order valence-corrected chi connectivity index (χ3v) is 9.93. The average molecular weight is 673 g/mol. The van der Waals surface area contributed by atoms with Crippen LogP contribution in [0.25, 0.3) is 96.0 Å². The van der Waals surface area contributed by atoms with Crippen LogP contribution in [0.2, 0.25) is 0 Å². The van der Waals surface area contributed by atoms with Crippen LogP contribution in [0.3, 0.4) is 0 Å². The number of rotatable bonds is 7. The fraction of sp³-hybridized carbons (Fsp3) is 0.0638. The molecule has 5 nitrogen and oxygen atoms in total. The number of allylic oxidation sites excluding steroid dienone is 2. The molecule has 9 aromatic rings. The number of imidazole rings is 1. The van der Waals surface area contributed by atoms with Crippen molar-refractivity contribution in [2.75, 3.05) is 0 Å². The highest BCUT2D eigenvalue weighted by Gasteiger charge is 2.25. The van der Waals surface area contributed by atoms with E-state index in [1.807, 2.05) is 55.6 Å². The Morgan fingerprint density at radius 1 is 0.712 bits per heavy atom. The van der Waals surface area contributed by atoms with E-state index in [-0.39, 0.29) is 0 Å². The summed E-state index contributed by atoms with van der Waals surface area (Å²) in [5.74, 6) is 0.859. The van der Waals surface area contributed by atoms with Crippen LogP contribution in [-0.2, 0) is 0 Å². The van der Waals surface area contributed by atoms with E-state index in [1.54, 1.807) is 0 Å². The van der Waals surface area contributed by atoms with Gasteiger partial charge in [-0.15, -0.1) is 0 Å². The number of benzene rings is 5. The van der Waals surface area contributed by atoms with Gasteiger partial charge in [0.1, 0.15) is 17.0 Å². The van der Waals surface area contributed by atoms with Gasteiger partial charge >= 0.3 is 0 Å². The molecule has 5 heteroatoms. The van der Waals surface area contributed by atoms with E-state index >= 15 is 0 Å². The van der Waals surface area contributed by atoms with Crippen molar-refractivity contribution in [1.29, 1.82) is 0 Å². The summed E-state index contributed by atoms with van der Waals surface area (Å²) in [5.41, 5.74) is 13.1. The largest absolute Gasteiger partial charge is 0.455 e. The van der Waals surface area contributed by atoms with Gasteiger partial charge in [0.25, 0.3) is 0 Å². The standard InChI is InChI=1S/C47H36N4O/c1-5-15-34-30(4)22-27-41-43(34)37-29-36(38-20-13-14-28-48-38)46-44(35-19-11-12-21-42(35)52-46)45(37)50(41)33-25-23-31(24-26-33)47-49-39(16-6-2)40(7-3)51(47)32-17-9-8-10-18-32/h5-29H,3H2,1-2,4H3/b15-5-,16-6-. The van der Waals surface area contributed by atoms with Gasteiger partial charge in [0, 0.05) is 44.9 Å². The molecular weight excluding hydrogens is 637 g/mol. The second-order valence-corrected chi connectivity index (χ2v) is 13.0. The van der Waals surface area contributed by atoms with Crippen LogP contribution in [0.5, 0.6) is 0 Å². The van der Waals surface area contributed by atoms with Gasteiger partial charge in [0.15, 0.2) is 0 Å². The summed E-state index contributed by atoms with van der Waals surface area (Å²) < 4.78 is 11.3. The van der Waals surface area contributed by atoms with E-state index in [9.17, 15) is 0 Å². The van der Waals surface area contributed by atoms with Gasteiger partial charge in [0.05, 0.1) is 33.5 Å². The van der Waals surface area contributed by atoms with Crippen LogP contribution >= 0.6 is 0 Å². The highest BCUT2D eigenvalue weighted by Crippen LogP contribution is 2.46. The van der Waals surface area contributed by atoms with Gasteiger partial charge in [-0.05, 0) is 111 Å². The lowest BCUT2D eigenvalue weighted by molar-refractivity contribution is 0.670. The normalized spacial score (nSPS) is 12.1. The fourth-order valence-corrected chi connectivity index (χ4v) is 7.69. The molecule has 0 aliphatic carbocycles. The Bertz CT molecular complexity index is 2870.